The number of hydrogen-bond acceptors (Lipinski definition) is 6. The van der Waals surface area contributed by atoms with E-state index in [4.69, 9.17) is 4.74 Å². The molecule has 2 heterocycles. The average Bonchev–Trinajstić information content (AvgIpc) is 3.10. The van der Waals surface area contributed by atoms with E-state index in [0.29, 0.717) is 17.8 Å². The summed E-state index contributed by atoms with van der Waals surface area (Å²) in [6.45, 7) is 10.2. The molecule has 2 aromatic rings. The molecule has 1 unspecified atom stereocenters. The highest BCUT2D eigenvalue weighted by Crippen LogP contribution is 2.23. The Kier molecular flexibility index (Phi) is 7.41. The van der Waals surface area contributed by atoms with Gasteiger partial charge in [-0.2, -0.15) is 0 Å². The molecule has 142 valence electrons. The zero-order valence-electron chi connectivity index (χ0n) is 15.9. The van der Waals surface area contributed by atoms with Crippen molar-refractivity contribution in [2.75, 3.05) is 26.2 Å². The third kappa shape index (κ3) is 5.50. The first-order chi connectivity index (χ1) is 12.8. The summed E-state index contributed by atoms with van der Waals surface area (Å²) >= 11 is 1.58. The molecule has 0 radical (unpaired) electrons. The van der Waals surface area contributed by atoms with Gasteiger partial charge in [0.1, 0.15) is 5.01 Å². The van der Waals surface area contributed by atoms with Crippen molar-refractivity contribution in [3.8, 4) is 5.19 Å². The van der Waals surface area contributed by atoms with Crippen LogP contribution in [0.1, 0.15) is 43.7 Å². The predicted molar refractivity (Wildman–Crippen MR) is 107 cm³/mol. The second-order valence-electron chi connectivity index (χ2n) is 6.88. The number of likely N-dealkylation sites (tertiary alicyclic amines) is 1. The van der Waals surface area contributed by atoms with Crippen molar-refractivity contribution in [2.24, 2.45) is 0 Å². The summed E-state index contributed by atoms with van der Waals surface area (Å²) in [4.78, 5) is 5.19. The molecule has 0 aliphatic carbocycles. The van der Waals surface area contributed by atoms with Crippen LogP contribution in [-0.4, -0.2) is 52.3 Å². The van der Waals surface area contributed by atoms with Crippen molar-refractivity contribution in [1.29, 1.82) is 0 Å². The molecule has 0 N–H and O–H groups in total. The van der Waals surface area contributed by atoms with Crippen molar-refractivity contribution in [3.05, 3.63) is 40.9 Å². The van der Waals surface area contributed by atoms with Gasteiger partial charge in [-0.3, -0.25) is 9.80 Å². The number of ether oxygens (including phenoxy) is 1. The molecule has 3 rings (SSSR count). The van der Waals surface area contributed by atoms with E-state index in [0.717, 1.165) is 37.6 Å². The topological polar surface area (TPSA) is 41.5 Å². The van der Waals surface area contributed by atoms with Gasteiger partial charge < -0.3 is 4.74 Å². The Labute approximate surface area is 161 Å². The summed E-state index contributed by atoms with van der Waals surface area (Å²) < 4.78 is 5.48. The van der Waals surface area contributed by atoms with Crippen LogP contribution in [0.25, 0.3) is 0 Å². The number of nitrogens with zero attached hydrogens (tertiary/aromatic N) is 4. The molecule has 1 atom stereocenters. The molecule has 5 nitrogen and oxygen atoms in total. The van der Waals surface area contributed by atoms with Gasteiger partial charge in [-0.1, -0.05) is 48.6 Å². The second kappa shape index (κ2) is 10.00. The number of rotatable bonds is 9. The number of hydrogen-bond donors (Lipinski definition) is 0. The van der Waals surface area contributed by atoms with Crippen LogP contribution in [0.15, 0.2) is 30.3 Å². The minimum Gasteiger partial charge on any atom is -0.469 e. The second-order valence-corrected chi connectivity index (χ2v) is 7.91. The standard InChI is InChI=1S/C20H30N4OS/c1-3-12-24(16-19-21-22-20(26-19)25-4-2)18-11-8-13-23(15-18)14-17-9-6-5-7-10-17/h5-7,9-10,18H,3-4,8,11-16H2,1-2H3. The lowest BCUT2D eigenvalue weighted by Gasteiger charge is -2.39. The van der Waals surface area contributed by atoms with Gasteiger partial charge in [-0.25, -0.2) is 0 Å². The quantitative estimate of drug-likeness (QED) is 0.667. The Balaban J connectivity index is 1.60. The van der Waals surface area contributed by atoms with Gasteiger partial charge in [0.25, 0.3) is 5.19 Å². The SMILES string of the molecule is CCCN(Cc1nnc(OCC)s1)C1CCCN(Cc2ccccc2)C1. The summed E-state index contributed by atoms with van der Waals surface area (Å²) in [5, 5.41) is 10.2. The maximum Gasteiger partial charge on any atom is 0.294 e. The highest BCUT2D eigenvalue weighted by molar-refractivity contribution is 7.13. The summed E-state index contributed by atoms with van der Waals surface area (Å²) in [6, 6.07) is 11.4. The number of aromatic nitrogens is 2. The molecule has 0 spiro atoms. The van der Waals surface area contributed by atoms with Gasteiger partial charge in [0, 0.05) is 19.1 Å². The zero-order valence-corrected chi connectivity index (χ0v) is 16.7. The van der Waals surface area contributed by atoms with Crippen LogP contribution in [0.3, 0.4) is 0 Å². The fourth-order valence-corrected chi connectivity index (χ4v) is 4.42. The summed E-state index contributed by atoms with van der Waals surface area (Å²) in [5.41, 5.74) is 1.40. The van der Waals surface area contributed by atoms with E-state index in [-0.39, 0.29) is 0 Å². The fraction of sp³-hybridized carbons (Fsp3) is 0.600. The Morgan fingerprint density at radius 3 is 2.85 bits per heavy atom. The fourth-order valence-electron chi connectivity index (χ4n) is 3.65. The van der Waals surface area contributed by atoms with Crippen molar-refractivity contribution < 1.29 is 4.74 Å². The largest absolute Gasteiger partial charge is 0.469 e. The maximum atomic E-state index is 5.48. The van der Waals surface area contributed by atoms with Crippen LogP contribution in [-0.2, 0) is 13.1 Å². The third-order valence-electron chi connectivity index (χ3n) is 4.81. The molecule has 1 fully saturated rings. The van der Waals surface area contributed by atoms with Crippen LogP contribution in [0.4, 0.5) is 0 Å². The lowest BCUT2D eigenvalue weighted by Crippen LogP contribution is -2.47. The van der Waals surface area contributed by atoms with E-state index in [2.05, 4.69) is 57.3 Å². The van der Waals surface area contributed by atoms with Crippen molar-refractivity contribution in [3.63, 3.8) is 0 Å². The van der Waals surface area contributed by atoms with E-state index in [1.165, 1.54) is 24.9 Å². The first-order valence-electron chi connectivity index (χ1n) is 9.74. The van der Waals surface area contributed by atoms with Crippen LogP contribution < -0.4 is 4.74 Å². The summed E-state index contributed by atoms with van der Waals surface area (Å²) in [5.74, 6) is 0. The van der Waals surface area contributed by atoms with E-state index < -0.39 is 0 Å². The Morgan fingerprint density at radius 2 is 2.08 bits per heavy atom. The van der Waals surface area contributed by atoms with Gasteiger partial charge in [-0.05, 0) is 44.8 Å². The molecule has 0 amide bonds. The first-order valence-corrected chi connectivity index (χ1v) is 10.6. The molecule has 1 aliphatic heterocycles. The normalized spacial score (nSPS) is 18.3. The van der Waals surface area contributed by atoms with E-state index in [1.807, 2.05) is 6.92 Å². The van der Waals surface area contributed by atoms with Crippen molar-refractivity contribution >= 4 is 11.3 Å². The number of piperidine rings is 1. The molecular weight excluding hydrogens is 344 g/mol. The Morgan fingerprint density at radius 1 is 1.23 bits per heavy atom. The predicted octanol–water partition coefficient (Wildman–Crippen LogP) is 3.81. The lowest BCUT2D eigenvalue weighted by atomic mass is 10.0. The summed E-state index contributed by atoms with van der Waals surface area (Å²) in [6.07, 6.45) is 3.69. The van der Waals surface area contributed by atoms with Crippen molar-refractivity contribution in [1.82, 2.24) is 20.0 Å². The van der Waals surface area contributed by atoms with Crippen LogP contribution in [0.2, 0.25) is 0 Å². The molecule has 6 heteroatoms. The van der Waals surface area contributed by atoms with Crippen LogP contribution in [0, 0.1) is 0 Å². The smallest absolute Gasteiger partial charge is 0.294 e. The highest BCUT2D eigenvalue weighted by Gasteiger charge is 2.26. The van der Waals surface area contributed by atoms with E-state index in [9.17, 15) is 0 Å². The monoisotopic (exact) mass is 374 g/mol. The van der Waals surface area contributed by atoms with Crippen molar-refractivity contribution in [2.45, 2.75) is 52.2 Å². The Bertz CT molecular complexity index is 648. The van der Waals surface area contributed by atoms with Gasteiger partial charge in [0.15, 0.2) is 0 Å². The molecular formula is C20H30N4OS. The molecule has 1 saturated heterocycles. The van der Waals surface area contributed by atoms with E-state index >= 15 is 0 Å². The zero-order chi connectivity index (χ0) is 18.2. The number of benzene rings is 1. The summed E-state index contributed by atoms with van der Waals surface area (Å²) in [7, 11) is 0. The van der Waals surface area contributed by atoms with Gasteiger partial charge in [0.2, 0.25) is 0 Å². The molecule has 0 saturated carbocycles. The molecule has 0 bridgehead atoms. The molecule has 26 heavy (non-hydrogen) atoms. The van der Waals surface area contributed by atoms with E-state index in [1.54, 1.807) is 11.3 Å². The van der Waals surface area contributed by atoms with Gasteiger partial charge >= 0.3 is 0 Å². The average molecular weight is 375 g/mol. The Hall–Kier alpha value is -1.50. The lowest BCUT2D eigenvalue weighted by molar-refractivity contribution is 0.0874. The molecule has 1 aliphatic rings. The minimum atomic E-state index is 0.590. The minimum absolute atomic E-state index is 0.590. The van der Waals surface area contributed by atoms with Gasteiger partial charge in [0.05, 0.1) is 13.2 Å². The molecule has 1 aromatic heterocycles. The maximum absolute atomic E-state index is 5.48. The van der Waals surface area contributed by atoms with Gasteiger partial charge in [-0.15, -0.1) is 10.2 Å². The molecule has 1 aromatic carbocycles. The highest BCUT2D eigenvalue weighted by atomic mass is 32.1. The van der Waals surface area contributed by atoms with Crippen LogP contribution in [0.5, 0.6) is 5.19 Å². The van der Waals surface area contributed by atoms with Crippen LogP contribution >= 0.6 is 11.3 Å². The first kappa shape index (κ1) is 19.3. The third-order valence-corrected chi connectivity index (χ3v) is 5.63.